The molecule has 0 atom stereocenters. The van der Waals surface area contributed by atoms with Crippen LogP contribution >= 0.6 is 0 Å². The number of hydrogen-bond donors (Lipinski definition) is 0. The van der Waals surface area contributed by atoms with E-state index in [4.69, 9.17) is 9.40 Å². The number of nitrogens with zero attached hydrogens (tertiary/aromatic N) is 2. The van der Waals surface area contributed by atoms with E-state index >= 15 is 0 Å². The second-order valence-corrected chi connectivity index (χ2v) is 12.4. The average molecular weight is 641 g/mol. The van der Waals surface area contributed by atoms with Crippen molar-refractivity contribution in [3.05, 3.63) is 194 Å². The number of hydrogen-bond acceptors (Lipinski definition) is 3. The molecule has 0 aliphatic heterocycles. The van der Waals surface area contributed by atoms with Crippen LogP contribution in [0.15, 0.2) is 199 Å². The average Bonchev–Trinajstić information content (AvgIpc) is 3.64. The predicted octanol–water partition coefficient (Wildman–Crippen LogP) is 13.1. The molecule has 0 aliphatic carbocycles. The quantitative estimate of drug-likeness (QED) is 0.174. The van der Waals surface area contributed by atoms with Crippen LogP contribution in [-0.4, -0.2) is 4.98 Å². The summed E-state index contributed by atoms with van der Waals surface area (Å²) in [6, 6.07) is 68.1. The van der Waals surface area contributed by atoms with Gasteiger partial charge in [0.25, 0.3) is 0 Å². The summed E-state index contributed by atoms with van der Waals surface area (Å²) < 4.78 is 6.29. The van der Waals surface area contributed by atoms with Crippen LogP contribution in [0.5, 0.6) is 0 Å². The van der Waals surface area contributed by atoms with E-state index in [2.05, 4.69) is 181 Å². The first kappa shape index (κ1) is 29.4. The van der Waals surface area contributed by atoms with Gasteiger partial charge in [-0.1, -0.05) is 140 Å². The normalized spacial score (nSPS) is 11.2. The van der Waals surface area contributed by atoms with Gasteiger partial charge < -0.3 is 9.32 Å². The first-order chi connectivity index (χ1) is 24.8. The minimum atomic E-state index is 0.616. The molecule has 0 saturated carbocycles. The van der Waals surface area contributed by atoms with Crippen molar-refractivity contribution in [3.63, 3.8) is 0 Å². The summed E-state index contributed by atoms with van der Waals surface area (Å²) in [7, 11) is 0. The maximum absolute atomic E-state index is 6.29. The Balaban J connectivity index is 1.07. The van der Waals surface area contributed by atoms with Gasteiger partial charge in [-0.3, -0.25) is 0 Å². The highest BCUT2D eigenvalue weighted by Gasteiger charge is 2.16. The van der Waals surface area contributed by atoms with Gasteiger partial charge in [-0.25, -0.2) is 4.98 Å². The van der Waals surface area contributed by atoms with Crippen LogP contribution in [-0.2, 0) is 0 Å². The molecule has 0 fully saturated rings. The zero-order valence-electron chi connectivity index (χ0n) is 27.3. The Morgan fingerprint density at radius 1 is 0.380 bits per heavy atom. The van der Waals surface area contributed by atoms with E-state index in [-0.39, 0.29) is 0 Å². The molecule has 0 N–H and O–H groups in total. The van der Waals surface area contributed by atoms with Crippen molar-refractivity contribution in [3.8, 4) is 44.8 Å². The molecule has 9 rings (SSSR count). The molecule has 0 radical (unpaired) electrons. The fourth-order valence-electron chi connectivity index (χ4n) is 6.84. The lowest BCUT2D eigenvalue weighted by Crippen LogP contribution is -2.09. The Hall–Kier alpha value is -6.71. The van der Waals surface area contributed by atoms with Crippen molar-refractivity contribution in [2.24, 2.45) is 0 Å². The summed E-state index contributed by atoms with van der Waals surface area (Å²) in [6.45, 7) is 0. The van der Waals surface area contributed by atoms with Crippen molar-refractivity contribution in [1.82, 2.24) is 4.98 Å². The minimum Gasteiger partial charge on any atom is -0.436 e. The predicted molar refractivity (Wildman–Crippen MR) is 208 cm³/mol. The largest absolute Gasteiger partial charge is 0.436 e. The van der Waals surface area contributed by atoms with Gasteiger partial charge in [-0.05, 0) is 93.2 Å². The first-order valence-electron chi connectivity index (χ1n) is 16.9. The number of oxazole rings is 1. The van der Waals surface area contributed by atoms with E-state index < -0.39 is 0 Å². The molecule has 0 spiro atoms. The molecular formula is C47H32N2O. The lowest BCUT2D eigenvalue weighted by atomic mass is 9.97. The fraction of sp³-hybridized carbons (Fsp3) is 0. The fourth-order valence-corrected chi connectivity index (χ4v) is 6.84. The van der Waals surface area contributed by atoms with E-state index in [0.717, 1.165) is 50.4 Å². The molecule has 9 aromatic rings. The second kappa shape index (κ2) is 12.7. The van der Waals surface area contributed by atoms with Crippen LogP contribution in [0.25, 0.3) is 66.7 Å². The number of fused-ring (bicyclic) bond motifs is 2. The smallest absolute Gasteiger partial charge is 0.227 e. The van der Waals surface area contributed by atoms with Crippen molar-refractivity contribution >= 4 is 38.9 Å². The zero-order chi connectivity index (χ0) is 33.3. The van der Waals surface area contributed by atoms with Crippen LogP contribution in [0.4, 0.5) is 17.1 Å². The summed E-state index contributed by atoms with van der Waals surface area (Å²) in [4.78, 5) is 7.31. The Morgan fingerprint density at radius 2 is 0.940 bits per heavy atom. The lowest BCUT2D eigenvalue weighted by molar-refractivity contribution is 0.620. The number of aromatic nitrogens is 1. The van der Waals surface area contributed by atoms with Crippen LogP contribution in [0.3, 0.4) is 0 Å². The van der Waals surface area contributed by atoms with E-state index in [1.54, 1.807) is 0 Å². The first-order valence-corrected chi connectivity index (χ1v) is 16.9. The summed E-state index contributed by atoms with van der Waals surface area (Å²) in [6.07, 6.45) is 0. The number of rotatable bonds is 7. The van der Waals surface area contributed by atoms with Gasteiger partial charge in [0.05, 0.1) is 0 Å². The molecule has 236 valence electrons. The summed E-state index contributed by atoms with van der Waals surface area (Å²) >= 11 is 0. The zero-order valence-corrected chi connectivity index (χ0v) is 27.3. The third kappa shape index (κ3) is 5.51. The van der Waals surface area contributed by atoms with Gasteiger partial charge in [0.1, 0.15) is 5.52 Å². The Bertz CT molecular complexity index is 2570. The number of benzene rings is 8. The minimum absolute atomic E-state index is 0.616. The maximum atomic E-state index is 6.29. The van der Waals surface area contributed by atoms with Gasteiger partial charge in [0.2, 0.25) is 5.89 Å². The monoisotopic (exact) mass is 640 g/mol. The highest BCUT2D eigenvalue weighted by atomic mass is 16.3. The van der Waals surface area contributed by atoms with E-state index in [1.165, 1.54) is 27.5 Å². The second-order valence-electron chi connectivity index (χ2n) is 12.4. The van der Waals surface area contributed by atoms with E-state index in [1.807, 2.05) is 18.2 Å². The van der Waals surface area contributed by atoms with Gasteiger partial charge in [0, 0.05) is 28.2 Å². The molecule has 8 aromatic carbocycles. The van der Waals surface area contributed by atoms with E-state index in [0.29, 0.717) is 5.89 Å². The summed E-state index contributed by atoms with van der Waals surface area (Å²) in [5.41, 5.74) is 12.7. The molecule has 0 saturated heterocycles. The SMILES string of the molecule is c1ccc(-c2ccc(-c3nc4c(-c5ccc(N(c6ccccc6)c6cccc(-c7cccc8ccccc78)c6)cc5)cccc4o3)cc2)cc1. The molecule has 3 heteroatoms. The number of anilines is 3. The third-order valence-corrected chi connectivity index (χ3v) is 9.31. The summed E-state index contributed by atoms with van der Waals surface area (Å²) in [5, 5.41) is 2.48. The molecule has 50 heavy (non-hydrogen) atoms. The lowest BCUT2D eigenvalue weighted by Gasteiger charge is -2.26. The van der Waals surface area contributed by atoms with Crippen molar-refractivity contribution < 1.29 is 4.42 Å². The molecule has 0 unspecified atom stereocenters. The summed E-state index contributed by atoms with van der Waals surface area (Å²) in [5.74, 6) is 0.616. The Morgan fingerprint density at radius 3 is 1.76 bits per heavy atom. The third-order valence-electron chi connectivity index (χ3n) is 9.31. The van der Waals surface area contributed by atoms with Crippen molar-refractivity contribution in [1.29, 1.82) is 0 Å². The number of para-hydroxylation sites is 2. The van der Waals surface area contributed by atoms with Gasteiger partial charge in [-0.2, -0.15) is 0 Å². The molecule has 0 bridgehead atoms. The molecule has 1 heterocycles. The van der Waals surface area contributed by atoms with Crippen LogP contribution in [0.1, 0.15) is 0 Å². The topological polar surface area (TPSA) is 29.3 Å². The molecule has 0 aliphatic rings. The Labute approximate surface area is 291 Å². The van der Waals surface area contributed by atoms with Crippen LogP contribution in [0.2, 0.25) is 0 Å². The van der Waals surface area contributed by atoms with Gasteiger partial charge in [0.15, 0.2) is 5.58 Å². The standard InChI is InChI=1S/C47H32N2O/c1-3-12-33(13-4-1)34-24-26-37(27-25-34)47-48-46-44(22-11-23-45(46)50-47)36-28-30-40(31-29-36)49(39-17-5-2-6-18-39)41-19-9-16-38(32-41)43-21-10-15-35-14-7-8-20-42(35)43/h1-32H. The Kier molecular flexibility index (Phi) is 7.49. The highest BCUT2D eigenvalue weighted by molar-refractivity contribution is 5.98. The molecule has 1 aromatic heterocycles. The molecular weight excluding hydrogens is 609 g/mol. The van der Waals surface area contributed by atoms with E-state index in [9.17, 15) is 0 Å². The van der Waals surface area contributed by atoms with Crippen LogP contribution in [0, 0.1) is 0 Å². The van der Waals surface area contributed by atoms with Gasteiger partial charge >= 0.3 is 0 Å². The molecule has 3 nitrogen and oxygen atoms in total. The van der Waals surface area contributed by atoms with Crippen LogP contribution < -0.4 is 4.90 Å². The maximum Gasteiger partial charge on any atom is 0.227 e. The van der Waals surface area contributed by atoms with Crippen molar-refractivity contribution in [2.75, 3.05) is 4.90 Å². The molecule has 0 amide bonds. The van der Waals surface area contributed by atoms with Gasteiger partial charge in [-0.15, -0.1) is 0 Å². The van der Waals surface area contributed by atoms with Crippen molar-refractivity contribution in [2.45, 2.75) is 0 Å². The highest BCUT2D eigenvalue weighted by Crippen LogP contribution is 2.39.